The molecule has 0 atom stereocenters. The summed E-state index contributed by atoms with van der Waals surface area (Å²) in [6.07, 6.45) is -0.236. The van der Waals surface area contributed by atoms with E-state index in [-0.39, 0.29) is 12.8 Å². The standard InChI is InChI=1S/C11H15NO5/c1-11(2,6-3-7-12)17-10(16)8(13)4-5-9(14)15/h3-6H2,1-2H3,(H,14,15). The maximum Gasteiger partial charge on any atom is 0.375 e. The van der Waals surface area contributed by atoms with E-state index >= 15 is 0 Å². The highest BCUT2D eigenvalue weighted by Gasteiger charge is 2.26. The van der Waals surface area contributed by atoms with Gasteiger partial charge in [-0.25, -0.2) is 4.79 Å². The van der Waals surface area contributed by atoms with Crippen LogP contribution in [0.25, 0.3) is 0 Å². The number of carboxylic acids is 1. The number of nitrogens with zero attached hydrogens (tertiary/aromatic N) is 1. The zero-order chi connectivity index (χ0) is 13.5. The number of aliphatic carboxylic acids is 1. The molecule has 6 heteroatoms. The highest BCUT2D eigenvalue weighted by atomic mass is 16.6. The molecule has 0 aromatic carbocycles. The van der Waals surface area contributed by atoms with Crippen LogP contribution in [0, 0.1) is 11.3 Å². The maximum atomic E-state index is 11.3. The van der Waals surface area contributed by atoms with Crippen LogP contribution in [-0.4, -0.2) is 28.4 Å². The van der Waals surface area contributed by atoms with E-state index < -0.39 is 29.7 Å². The Bertz CT molecular complexity index is 353. The van der Waals surface area contributed by atoms with Gasteiger partial charge in [-0.05, 0) is 20.3 Å². The molecule has 0 fully saturated rings. The third-order valence-electron chi connectivity index (χ3n) is 2.00. The minimum atomic E-state index is -1.14. The van der Waals surface area contributed by atoms with Gasteiger partial charge in [-0.15, -0.1) is 0 Å². The second-order valence-electron chi connectivity index (χ2n) is 4.12. The molecule has 17 heavy (non-hydrogen) atoms. The number of carbonyl (C=O) groups excluding carboxylic acids is 2. The summed E-state index contributed by atoms with van der Waals surface area (Å²) in [5, 5.41) is 16.7. The van der Waals surface area contributed by atoms with E-state index in [1.165, 1.54) is 0 Å². The van der Waals surface area contributed by atoms with Crippen LogP contribution in [0.1, 0.15) is 39.5 Å². The number of rotatable bonds is 7. The van der Waals surface area contributed by atoms with E-state index in [2.05, 4.69) is 0 Å². The number of nitriles is 1. The van der Waals surface area contributed by atoms with Crippen LogP contribution in [0.3, 0.4) is 0 Å². The van der Waals surface area contributed by atoms with Gasteiger partial charge in [0.2, 0.25) is 5.78 Å². The fraction of sp³-hybridized carbons (Fsp3) is 0.636. The van der Waals surface area contributed by atoms with Gasteiger partial charge < -0.3 is 9.84 Å². The molecule has 0 saturated carbocycles. The molecule has 0 unspecified atom stereocenters. The third-order valence-corrected chi connectivity index (χ3v) is 2.00. The molecule has 0 radical (unpaired) electrons. The van der Waals surface area contributed by atoms with Gasteiger partial charge in [0.15, 0.2) is 0 Å². The van der Waals surface area contributed by atoms with Crippen molar-refractivity contribution >= 4 is 17.7 Å². The van der Waals surface area contributed by atoms with E-state index in [0.29, 0.717) is 6.42 Å². The van der Waals surface area contributed by atoms with Crippen LogP contribution >= 0.6 is 0 Å². The van der Waals surface area contributed by atoms with Crippen molar-refractivity contribution in [3.8, 4) is 6.07 Å². The monoisotopic (exact) mass is 241 g/mol. The van der Waals surface area contributed by atoms with Crippen LogP contribution in [0.4, 0.5) is 0 Å². The average molecular weight is 241 g/mol. The molecular formula is C11H15NO5. The predicted molar refractivity (Wildman–Crippen MR) is 56.9 cm³/mol. The number of ketones is 1. The molecule has 0 aliphatic carbocycles. The van der Waals surface area contributed by atoms with Crippen LogP contribution in [-0.2, 0) is 19.1 Å². The first-order valence-corrected chi connectivity index (χ1v) is 5.13. The highest BCUT2D eigenvalue weighted by molar-refractivity contribution is 6.33. The molecule has 0 aromatic rings. The molecule has 0 aliphatic heterocycles. The summed E-state index contributed by atoms with van der Waals surface area (Å²) in [5.74, 6) is -3.05. The molecule has 0 aromatic heterocycles. The molecular weight excluding hydrogens is 226 g/mol. The first kappa shape index (κ1) is 15.1. The van der Waals surface area contributed by atoms with Gasteiger partial charge in [-0.2, -0.15) is 5.26 Å². The van der Waals surface area contributed by atoms with Crippen LogP contribution in [0.2, 0.25) is 0 Å². The second-order valence-corrected chi connectivity index (χ2v) is 4.12. The highest BCUT2D eigenvalue weighted by Crippen LogP contribution is 2.17. The lowest BCUT2D eigenvalue weighted by Crippen LogP contribution is -2.31. The number of carboxylic acid groups (broad SMARTS) is 1. The summed E-state index contributed by atoms with van der Waals surface area (Å²) < 4.78 is 4.90. The molecule has 0 spiro atoms. The van der Waals surface area contributed by atoms with Crippen molar-refractivity contribution in [1.29, 1.82) is 5.26 Å². The summed E-state index contributed by atoms with van der Waals surface area (Å²) in [7, 11) is 0. The smallest absolute Gasteiger partial charge is 0.375 e. The normalized spacial score (nSPS) is 10.4. The zero-order valence-electron chi connectivity index (χ0n) is 9.86. The molecule has 0 heterocycles. The van der Waals surface area contributed by atoms with Crippen molar-refractivity contribution < 1.29 is 24.2 Å². The molecule has 1 N–H and O–H groups in total. The minimum Gasteiger partial charge on any atom is -0.481 e. The van der Waals surface area contributed by atoms with Crippen molar-refractivity contribution in [2.24, 2.45) is 0 Å². The first-order valence-electron chi connectivity index (χ1n) is 5.13. The largest absolute Gasteiger partial charge is 0.481 e. The number of hydrogen-bond acceptors (Lipinski definition) is 5. The Hall–Kier alpha value is -1.90. The van der Waals surface area contributed by atoms with E-state index in [4.69, 9.17) is 15.1 Å². The van der Waals surface area contributed by atoms with Crippen LogP contribution < -0.4 is 0 Å². The Morgan fingerprint density at radius 2 is 1.88 bits per heavy atom. The Labute approximate surface area is 99.2 Å². The molecule has 0 rings (SSSR count). The lowest BCUT2D eigenvalue weighted by molar-refractivity contribution is -0.164. The maximum absolute atomic E-state index is 11.3. The van der Waals surface area contributed by atoms with Gasteiger partial charge in [0, 0.05) is 12.8 Å². The number of carbonyl (C=O) groups is 3. The Morgan fingerprint density at radius 1 is 1.29 bits per heavy atom. The molecule has 94 valence electrons. The van der Waals surface area contributed by atoms with Gasteiger partial charge in [-0.1, -0.05) is 0 Å². The average Bonchev–Trinajstić information content (AvgIpc) is 2.22. The fourth-order valence-corrected chi connectivity index (χ4v) is 1.04. The summed E-state index contributed by atoms with van der Waals surface area (Å²) in [6, 6.07) is 1.91. The molecule has 0 amide bonds. The predicted octanol–water partition coefficient (Wildman–Crippen LogP) is 1.05. The van der Waals surface area contributed by atoms with Gasteiger partial charge in [0.05, 0.1) is 12.5 Å². The third kappa shape index (κ3) is 7.06. The lowest BCUT2D eigenvalue weighted by atomic mass is 10.0. The topological polar surface area (TPSA) is 104 Å². The van der Waals surface area contributed by atoms with Gasteiger partial charge in [0.25, 0.3) is 0 Å². The minimum absolute atomic E-state index is 0.212. The van der Waals surface area contributed by atoms with E-state index in [1.807, 2.05) is 6.07 Å². The summed E-state index contributed by atoms with van der Waals surface area (Å²) in [6.45, 7) is 3.18. The van der Waals surface area contributed by atoms with E-state index in [9.17, 15) is 14.4 Å². The lowest BCUT2D eigenvalue weighted by Gasteiger charge is -2.23. The summed E-state index contributed by atoms with van der Waals surface area (Å²) >= 11 is 0. The molecule has 6 nitrogen and oxygen atoms in total. The van der Waals surface area contributed by atoms with Crippen molar-refractivity contribution in [2.75, 3.05) is 0 Å². The van der Waals surface area contributed by atoms with Crippen molar-refractivity contribution in [1.82, 2.24) is 0 Å². The van der Waals surface area contributed by atoms with Gasteiger partial charge in [0.1, 0.15) is 5.60 Å². The van der Waals surface area contributed by atoms with Gasteiger partial charge in [-0.3, -0.25) is 9.59 Å². The van der Waals surface area contributed by atoms with E-state index in [1.54, 1.807) is 13.8 Å². The summed E-state index contributed by atoms with van der Waals surface area (Å²) in [5.41, 5.74) is -0.897. The first-order chi connectivity index (χ1) is 7.78. The Balaban J connectivity index is 4.20. The molecule has 0 bridgehead atoms. The quantitative estimate of drug-likeness (QED) is 0.527. The van der Waals surface area contributed by atoms with Crippen LogP contribution in [0.15, 0.2) is 0 Å². The van der Waals surface area contributed by atoms with E-state index in [0.717, 1.165) is 0 Å². The number of esters is 1. The van der Waals surface area contributed by atoms with Gasteiger partial charge >= 0.3 is 11.9 Å². The van der Waals surface area contributed by atoms with Crippen molar-refractivity contribution in [3.63, 3.8) is 0 Å². The van der Waals surface area contributed by atoms with Crippen LogP contribution in [0.5, 0.6) is 0 Å². The van der Waals surface area contributed by atoms with Crippen molar-refractivity contribution in [3.05, 3.63) is 0 Å². The Morgan fingerprint density at radius 3 is 2.35 bits per heavy atom. The second kappa shape index (κ2) is 6.63. The molecule has 0 aliphatic rings. The number of Topliss-reactive ketones (excluding diaryl/α,β-unsaturated/α-hetero) is 1. The van der Waals surface area contributed by atoms with Crippen molar-refractivity contribution in [2.45, 2.75) is 45.1 Å². The molecule has 0 saturated heterocycles. The fourth-order valence-electron chi connectivity index (χ4n) is 1.04. The number of hydrogen-bond donors (Lipinski definition) is 1. The Kier molecular flexibility index (Phi) is 5.89. The zero-order valence-corrected chi connectivity index (χ0v) is 9.86. The number of ether oxygens (including phenoxy) is 1. The SMILES string of the molecule is CC(C)(CCC#N)OC(=O)C(=O)CCC(=O)O. The summed E-state index contributed by atoms with van der Waals surface area (Å²) in [4.78, 5) is 32.7.